The number of unbranched alkanes of at least 4 members (excludes halogenated alkanes) is 1. The highest BCUT2D eigenvalue weighted by atomic mass is 16.5. The fourth-order valence-corrected chi connectivity index (χ4v) is 2.14. The van der Waals surface area contributed by atoms with Gasteiger partial charge < -0.3 is 24.8 Å². The van der Waals surface area contributed by atoms with Gasteiger partial charge in [0.05, 0.1) is 13.2 Å². The highest BCUT2D eigenvalue weighted by Gasteiger charge is 2.33. The molecule has 0 spiro atoms. The number of nitrogens with zero attached hydrogens (tertiary/aromatic N) is 1. The standard InChI is InChI=1S/C13H24N2O5/c1-19-9-10-20-8-3-2-6-14-13(18)15-7-4-5-11(15)12(16)17/h11H,2-10H2,1H3,(H,14,18)(H,16,17). The van der Waals surface area contributed by atoms with E-state index in [4.69, 9.17) is 14.6 Å². The summed E-state index contributed by atoms with van der Waals surface area (Å²) in [4.78, 5) is 24.2. The number of amides is 2. The zero-order valence-electron chi connectivity index (χ0n) is 12.0. The Morgan fingerprint density at radius 3 is 2.80 bits per heavy atom. The summed E-state index contributed by atoms with van der Waals surface area (Å²) >= 11 is 0. The third-order valence-corrected chi connectivity index (χ3v) is 3.22. The van der Waals surface area contributed by atoms with Gasteiger partial charge in [-0.05, 0) is 25.7 Å². The molecule has 0 aromatic carbocycles. The van der Waals surface area contributed by atoms with Gasteiger partial charge in [0, 0.05) is 26.8 Å². The second-order valence-corrected chi connectivity index (χ2v) is 4.73. The van der Waals surface area contributed by atoms with Crippen LogP contribution in [0.2, 0.25) is 0 Å². The molecule has 20 heavy (non-hydrogen) atoms. The van der Waals surface area contributed by atoms with Gasteiger partial charge >= 0.3 is 12.0 Å². The zero-order valence-corrected chi connectivity index (χ0v) is 12.0. The molecule has 0 saturated carbocycles. The molecule has 1 heterocycles. The molecule has 2 N–H and O–H groups in total. The molecule has 1 aliphatic rings. The fourth-order valence-electron chi connectivity index (χ4n) is 2.14. The van der Waals surface area contributed by atoms with E-state index in [-0.39, 0.29) is 6.03 Å². The van der Waals surface area contributed by atoms with E-state index in [1.54, 1.807) is 7.11 Å². The number of carbonyl (C=O) groups is 2. The summed E-state index contributed by atoms with van der Waals surface area (Å²) in [6, 6.07) is -0.956. The molecule has 1 fully saturated rings. The number of hydrogen-bond acceptors (Lipinski definition) is 4. The number of aliphatic carboxylic acids is 1. The Kier molecular flexibility index (Phi) is 7.98. The lowest BCUT2D eigenvalue weighted by Gasteiger charge is -2.21. The van der Waals surface area contributed by atoms with Gasteiger partial charge in [0.25, 0.3) is 0 Å². The van der Waals surface area contributed by atoms with Crippen LogP contribution < -0.4 is 5.32 Å². The van der Waals surface area contributed by atoms with E-state index in [1.807, 2.05) is 0 Å². The Morgan fingerprint density at radius 1 is 1.30 bits per heavy atom. The number of nitrogens with one attached hydrogen (secondary N) is 1. The first-order valence-electron chi connectivity index (χ1n) is 7.00. The number of likely N-dealkylation sites (tertiary alicyclic amines) is 1. The lowest BCUT2D eigenvalue weighted by Crippen LogP contribution is -2.46. The van der Waals surface area contributed by atoms with E-state index in [1.165, 1.54) is 4.90 Å². The van der Waals surface area contributed by atoms with Crippen molar-refractivity contribution in [3.63, 3.8) is 0 Å². The number of carboxylic acids is 1. The zero-order chi connectivity index (χ0) is 14.8. The van der Waals surface area contributed by atoms with Gasteiger partial charge in [0.1, 0.15) is 6.04 Å². The van der Waals surface area contributed by atoms with E-state index < -0.39 is 12.0 Å². The van der Waals surface area contributed by atoms with Crippen molar-refractivity contribution in [1.82, 2.24) is 10.2 Å². The molecule has 0 aromatic rings. The monoisotopic (exact) mass is 288 g/mol. The minimum absolute atomic E-state index is 0.282. The lowest BCUT2D eigenvalue weighted by atomic mass is 10.2. The van der Waals surface area contributed by atoms with Gasteiger partial charge in [-0.15, -0.1) is 0 Å². The molecule has 0 bridgehead atoms. The Labute approximate surface area is 119 Å². The second-order valence-electron chi connectivity index (χ2n) is 4.73. The number of urea groups is 1. The summed E-state index contributed by atoms with van der Waals surface area (Å²) in [5.41, 5.74) is 0. The van der Waals surface area contributed by atoms with Crippen molar-refractivity contribution in [2.45, 2.75) is 31.7 Å². The predicted molar refractivity (Wildman–Crippen MR) is 72.7 cm³/mol. The molecule has 1 saturated heterocycles. The highest BCUT2D eigenvalue weighted by molar-refractivity contribution is 5.83. The highest BCUT2D eigenvalue weighted by Crippen LogP contribution is 2.17. The Hall–Kier alpha value is -1.34. The van der Waals surface area contributed by atoms with Crippen LogP contribution >= 0.6 is 0 Å². The summed E-state index contributed by atoms with van der Waals surface area (Å²) in [5.74, 6) is -0.927. The summed E-state index contributed by atoms with van der Waals surface area (Å²) in [7, 11) is 1.63. The quantitative estimate of drug-likeness (QED) is 0.609. The predicted octanol–water partition coefficient (Wildman–Crippen LogP) is 0.688. The van der Waals surface area contributed by atoms with E-state index in [2.05, 4.69) is 5.32 Å². The third kappa shape index (κ3) is 5.75. The molecule has 0 aliphatic carbocycles. The van der Waals surface area contributed by atoms with Crippen LogP contribution in [0, 0.1) is 0 Å². The molecule has 116 valence electrons. The Balaban J connectivity index is 2.07. The van der Waals surface area contributed by atoms with Crippen LogP contribution in [-0.2, 0) is 14.3 Å². The lowest BCUT2D eigenvalue weighted by molar-refractivity contribution is -0.141. The van der Waals surface area contributed by atoms with Crippen LogP contribution in [-0.4, -0.2) is 68.1 Å². The smallest absolute Gasteiger partial charge is 0.326 e. The van der Waals surface area contributed by atoms with E-state index in [9.17, 15) is 9.59 Å². The maximum Gasteiger partial charge on any atom is 0.326 e. The number of methoxy groups -OCH3 is 1. The van der Waals surface area contributed by atoms with Gasteiger partial charge in [-0.2, -0.15) is 0 Å². The van der Waals surface area contributed by atoms with Crippen molar-refractivity contribution in [3.8, 4) is 0 Å². The van der Waals surface area contributed by atoms with Crippen molar-refractivity contribution in [1.29, 1.82) is 0 Å². The van der Waals surface area contributed by atoms with Crippen LogP contribution in [0.25, 0.3) is 0 Å². The normalized spacial score (nSPS) is 18.2. The largest absolute Gasteiger partial charge is 0.480 e. The summed E-state index contributed by atoms with van der Waals surface area (Å²) in [6.45, 7) is 2.86. The van der Waals surface area contributed by atoms with E-state index >= 15 is 0 Å². The number of hydrogen-bond donors (Lipinski definition) is 2. The Morgan fingerprint density at radius 2 is 2.10 bits per heavy atom. The van der Waals surface area contributed by atoms with Crippen LogP contribution in [0.1, 0.15) is 25.7 Å². The molecule has 2 amide bonds. The van der Waals surface area contributed by atoms with E-state index in [0.717, 1.165) is 19.3 Å². The Bertz CT molecular complexity index is 311. The molecule has 0 aromatic heterocycles. The van der Waals surface area contributed by atoms with Gasteiger partial charge in [-0.1, -0.05) is 0 Å². The maximum absolute atomic E-state index is 11.8. The number of carbonyl (C=O) groups excluding carboxylic acids is 1. The van der Waals surface area contributed by atoms with Gasteiger partial charge in [0.2, 0.25) is 0 Å². The molecule has 7 heteroatoms. The first-order valence-corrected chi connectivity index (χ1v) is 7.00. The van der Waals surface area contributed by atoms with E-state index in [0.29, 0.717) is 39.3 Å². The minimum Gasteiger partial charge on any atom is -0.480 e. The molecular weight excluding hydrogens is 264 g/mol. The van der Waals surface area contributed by atoms with Crippen molar-refractivity contribution in [2.75, 3.05) is 40.0 Å². The molecule has 1 atom stereocenters. The maximum atomic E-state index is 11.8. The van der Waals surface area contributed by atoms with Crippen molar-refractivity contribution in [2.24, 2.45) is 0 Å². The summed E-state index contributed by atoms with van der Waals surface area (Å²) < 4.78 is 10.2. The third-order valence-electron chi connectivity index (χ3n) is 3.22. The molecule has 1 unspecified atom stereocenters. The second kappa shape index (κ2) is 9.55. The average Bonchev–Trinajstić information content (AvgIpc) is 2.91. The first kappa shape index (κ1) is 16.7. The molecule has 0 radical (unpaired) electrons. The molecular formula is C13H24N2O5. The fraction of sp³-hybridized carbons (Fsp3) is 0.846. The van der Waals surface area contributed by atoms with Crippen LogP contribution in [0.4, 0.5) is 4.79 Å². The van der Waals surface area contributed by atoms with Crippen molar-refractivity contribution < 1.29 is 24.2 Å². The first-order chi connectivity index (χ1) is 9.66. The minimum atomic E-state index is -0.927. The molecule has 7 nitrogen and oxygen atoms in total. The average molecular weight is 288 g/mol. The van der Waals surface area contributed by atoms with Gasteiger partial charge in [0.15, 0.2) is 0 Å². The topological polar surface area (TPSA) is 88.1 Å². The van der Waals surface area contributed by atoms with Crippen molar-refractivity contribution >= 4 is 12.0 Å². The number of ether oxygens (including phenoxy) is 2. The number of carboxylic acid groups (broad SMARTS) is 1. The number of rotatable bonds is 9. The van der Waals surface area contributed by atoms with Crippen LogP contribution in [0.3, 0.4) is 0 Å². The summed E-state index contributed by atoms with van der Waals surface area (Å²) in [6.07, 6.45) is 2.95. The van der Waals surface area contributed by atoms with Crippen LogP contribution in [0.5, 0.6) is 0 Å². The SMILES string of the molecule is COCCOCCCCNC(=O)N1CCCC1C(=O)O. The van der Waals surface area contributed by atoms with Gasteiger partial charge in [-0.25, -0.2) is 9.59 Å². The van der Waals surface area contributed by atoms with Crippen LogP contribution in [0.15, 0.2) is 0 Å². The van der Waals surface area contributed by atoms with Gasteiger partial charge in [-0.3, -0.25) is 0 Å². The molecule has 1 aliphatic heterocycles. The molecule has 1 rings (SSSR count). The summed E-state index contributed by atoms with van der Waals surface area (Å²) in [5, 5.41) is 11.8. The van der Waals surface area contributed by atoms with Crippen molar-refractivity contribution in [3.05, 3.63) is 0 Å².